The molecule has 2 aromatic carbocycles. The minimum absolute atomic E-state index is 0.156. The van der Waals surface area contributed by atoms with Crippen molar-refractivity contribution >= 4 is 41.1 Å². The zero-order valence-corrected chi connectivity index (χ0v) is 14.4. The molecule has 0 radical (unpaired) electrons. The fourth-order valence-electron chi connectivity index (χ4n) is 1.97. The van der Waals surface area contributed by atoms with Gasteiger partial charge < -0.3 is 10.4 Å². The van der Waals surface area contributed by atoms with Crippen LogP contribution in [-0.2, 0) is 4.79 Å². The lowest BCUT2D eigenvalue weighted by atomic mass is 10.2. The summed E-state index contributed by atoms with van der Waals surface area (Å²) in [4.78, 5) is 25.2. The van der Waals surface area contributed by atoms with Crippen molar-refractivity contribution in [2.45, 2.75) is 22.0 Å². The van der Waals surface area contributed by atoms with Gasteiger partial charge in [-0.3, -0.25) is 4.79 Å². The lowest BCUT2D eigenvalue weighted by molar-refractivity contribution is -0.115. The molecule has 0 fully saturated rings. The molecule has 2 aromatic rings. The van der Waals surface area contributed by atoms with Gasteiger partial charge in [0.05, 0.1) is 16.5 Å². The standard InChI is InChI=1S/C17H17NO3S2/c1-11(23-14-9-5-3-7-12(14)17(20)21)16(19)18-13-8-4-6-10-15(13)22-2/h3-11H,1-2H3,(H,18,19)(H,20,21). The van der Waals surface area contributed by atoms with Gasteiger partial charge in [-0.05, 0) is 37.4 Å². The quantitative estimate of drug-likeness (QED) is 0.766. The van der Waals surface area contributed by atoms with E-state index in [1.54, 1.807) is 36.9 Å². The number of hydrogen-bond donors (Lipinski definition) is 2. The normalized spacial score (nSPS) is 11.7. The number of amides is 1. The summed E-state index contributed by atoms with van der Waals surface area (Å²) in [6.07, 6.45) is 1.95. The molecule has 0 aliphatic rings. The number of nitrogens with one attached hydrogen (secondary N) is 1. The number of thioether (sulfide) groups is 2. The lowest BCUT2D eigenvalue weighted by Gasteiger charge is -2.15. The Hall–Kier alpha value is -1.92. The number of anilines is 1. The predicted molar refractivity (Wildman–Crippen MR) is 95.6 cm³/mol. The fraction of sp³-hybridized carbons (Fsp3) is 0.176. The number of para-hydroxylation sites is 1. The molecule has 0 saturated carbocycles. The van der Waals surface area contributed by atoms with Crippen LogP contribution >= 0.6 is 23.5 Å². The van der Waals surface area contributed by atoms with E-state index >= 15 is 0 Å². The average Bonchev–Trinajstić information content (AvgIpc) is 2.55. The first-order valence-corrected chi connectivity index (χ1v) is 9.06. The monoisotopic (exact) mass is 347 g/mol. The van der Waals surface area contributed by atoms with Gasteiger partial charge in [-0.25, -0.2) is 4.79 Å². The van der Waals surface area contributed by atoms with Gasteiger partial charge in [-0.15, -0.1) is 23.5 Å². The van der Waals surface area contributed by atoms with E-state index in [9.17, 15) is 14.7 Å². The van der Waals surface area contributed by atoms with E-state index in [2.05, 4.69) is 5.32 Å². The molecule has 4 nitrogen and oxygen atoms in total. The van der Waals surface area contributed by atoms with Gasteiger partial charge >= 0.3 is 5.97 Å². The van der Waals surface area contributed by atoms with Crippen LogP contribution < -0.4 is 5.32 Å². The van der Waals surface area contributed by atoms with Crippen LogP contribution in [0.4, 0.5) is 5.69 Å². The zero-order valence-electron chi connectivity index (χ0n) is 12.8. The number of benzene rings is 2. The Balaban J connectivity index is 2.10. The molecule has 0 heterocycles. The van der Waals surface area contributed by atoms with Crippen LogP contribution in [0.5, 0.6) is 0 Å². The van der Waals surface area contributed by atoms with Crippen molar-refractivity contribution in [3.8, 4) is 0 Å². The molecule has 0 aliphatic carbocycles. The summed E-state index contributed by atoms with van der Waals surface area (Å²) in [6, 6.07) is 14.3. The second-order valence-corrected chi connectivity index (χ2v) is 6.98. The second kappa shape index (κ2) is 8.08. The SMILES string of the molecule is CSc1ccccc1NC(=O)C(C)Sc1ccccc1C(=O)O. The molecule has 23 heavy (non-hydrogen) atoms. The topological polar surface area (TPSA) is 66.4 Å². The van der Waals surface area contributed by atoms with Gasteiger partial charge in [-0.1, -0.05) is 24.3 Å². The third-order valence-corrected chi connectivity index (χ3v) is 5.13. The van der Waals surface area contributed by atoms with Gasteiger partial charge in [0.15, 0.2) is 0 Å². The van der Waals surface area contributed by atoms with Crippen LogP contribution in [0.1, 0.15) is 17.3 Å². The molecule has 2 N–H and O–H groups in total. The second-order valence-electron chi connectivity index (χ2n) is 4.75. The molecular weight excluding hydrogens is 330 g/mol. The highest BCUT2D eigenvalue weighted by atomic mass is 32.2. The minimum Gasteiger partial charge on any atom is -0.478 e. The van der Waals surface area contributed by atoms with E-state index in [1.165, 1.54) is 17.8 Å². The molecule has 1 unspecified atom stereocenters. The smallest absolute Gasteiger partial charge is 0.336 e. The van der Waals surface area contributed by atoms with Crippen molar-refractivity contribution in [3.05, 3.63) is 54.1 Å². The van der Waals surface area contributed by atoms with Crippen molar-refractivity contribution < 1.29 is 14.7 Å². The largest absolute Gasteiger partial charge is 0.478 e. The third-order valence-electron chi connectivity index (χ3n) is 3.16. The van der Waals surface area contributed by atoms with Crippen molar-refractivity contribution in [2.75, 3.05) is 11.6 Å². The van der Waals surface area contributed by atoms with E-state index in [1.807, 2.05) is 30.5 Å². The van der Waals surface area contributed by atoms with Crippen molar-refractivity contribution in [1.82, 2.24) is 0 Å². The Bertz CT molecular complexity index is 718. The maximum absolute atomic E-state index is 12.4. The number of carboxylic acids is 1. The first-order valence-electron chi connectivity index (χ1n) is 6.95. The van der Waals surface area contributed by atoms with E-state index in [-0.39, 0.29) is 11.5 Å². The van der Waals surface area contributed by atoms with Gasteiger partial charge in [0, 0.05) is 9.79 Å². The summed E-state index contributed by atoms with van der Waals surface area (Å²) in [6.45, 7) is 1.76. The average molecular weight is 347 g/mol. The number of aromatic carboxylic acids is 1. The summed E-state index contributed by atoms with van der Waals surface area (Å²) < 4.78 is 0. The van der Waals surface area contributed by atoms with Gasteiger partial charge in [0.1, 0.15) is 0 Å². The van der Waals surface area contributed by atoms with E-state index < -0.39 is 11.2 Å². The number of carbonyl (C=O) groups excluding carboxylic acids is 1. The number of carboxylic acid groups (broad SMARTS) is 1. The highest BCUT2D eigenvalue weighted by molar-refractivity contribution is 8.00. The van der Waals surface area contributed by atoms with Crippen LogP contribution in [-0.4, -0.2) is 28.5 Å². The molecule has 0 saturated heterocycles. The van der Waals surface area contributed by atoms with Crippen molar-refractivity contribution in [1.29, 1.82) is 0 Å². The molecule has 2 rings (SSSR count). The molecule has 0 bridgehead atoms. The van der Waals surface area contributed by atoms with Crippen LogP contribution in [0.2, 0.25) is 0 Å². The minimum atomic E-state index is -0.992. The van der Waals surface area contributed by atoms with Crippen molar-refractivity contribution in [3.63, 3.8) is 0 Å². The van der Waals surface area contributed by atoms with E-state index in [0.717, 1.165) is 10.6 Å². The van der Waals surface area contributed by atoms with Crippen molar-refractivity contribution in [2.24, 2.45) is 0 Å². The summed E-state index contributed by atoms with van der Waals surface area (Å²) in [7, 11) is 0. The molecular formula is C17H17NO3S2. The maximum atomic E-state index is 12.4. The number of hydrogen-bond acceptors (Lipinski definition) is 4. The Labute approximate surface area is 143 Å². The molecule has 120 valence electrons. The van der Waals surface area contributed by atoms with Crippen LogP contribution in [0.3, 0.4) is 0 Å². The first-order chi connectivity index (χ1) is 11.0. The van der Waals surface area contributed by atoms with E-state index in [4.69, 9.17) is 0 Å². The highest BCUT2D eigenvalue weighted by Gasteiger charge is 2.19. The molecule has 0 aromatic heterocycles. The Morgan fingerprint density at radius 1 is 1.04 bits per heavy atom. The molecule has 1 amide bonds. The molecule has 6 heteroatoms. The number of rotatable bonds is 6. The predicted octanol–water partition coefficient (Wildman–Crippen LogP) is 4.23. The molecule has 1 atom stereocenters. The fourth-order valence-corrected chi connectivity index (χ4v) is 3.51. The van der Waals surface area contributed by atoms with Gasteiger partial charge in [-0.2, -0.15) is 0 Å². The molecule has 0 aliphatic heterocycles. The number of carbonyl (C=O) groups is 2. The first kappa shape index (κ1) is 17.4. The summed E-state index contributed by atoms with van der Waals surface area (Å²) in [5.74, 6) is -1.15. The Morgan fingerprint density at radius 2 is 1.65 bits per heavy atom. The van der Waals surface area contributed by atoms with Gasteiger partial charge in [0.2, 0.25) is 5.91 Å². The molecule has 0 spiro atoms. The van der Waals surface area contributed by atoms with Gasteiger partial charge in [0.25, 0.3) is 0 Å². The third kappa shape index (κ3) is 4.53. The summed E-state index contributed by atoms with van der Waals surface area (Å²) >= 11 is 2.80. The summed E-state index contributed by atoms with van der Waals surface area (Å²) in [5, 5.41) is 11.7. The van der Waals surface area contributed by atoms with E-state index in [0.29, 0.717) is 4.90 Å². The van der Waals surface area contributed by atoms with Crippen LogP contribution in [0, 0.1) is 0 Å². The highest BCUT2D eigenvalue weighted by Crippen LogP contribution is 2.29. The van der Waals surface area contributed by atoms with Crippen LogP contribution in [0.25, 0.3) is 0 Å². The maximum Gasteiger partial charge on any atom is 0.336 e. The lowest BCUT2D eigenvalue weighted by Crippen LogP contribution is -2.23. The summed E-state index contributed by atoms with van der Waals surface area (Å²) in [5.41, 5.74) is 0.977. The van der Waals surface area contributed by atoms with Crippen LogP contribution in [0.15, 0.2) is 58.3 Å². The Morgan fingerprint density at radius 3 is 2.30 bits per heavy atom. The zero-order chi connectivity index (χ0) is 16.8. The Kier molecular flexibility index (Phi) is 6.12.